The van der Waals surface area contributed by atoms with E-state index in [0.717, 1.165) is 18.4 Å². The van der Waals surface area contributed by atoms with Crippen molar-refractivity contribution in [1.29, 1.82) is 0 Å². The van der Waals surface area contributed by atoms with Crippen LogP contribution in [0.15, 0.2) is 12.2 Å². The first-order chi connectivity index (χ1) is 6.12. The molecule has 1 nitrogen and oxygen atoms in total. The van der Waals surface area contributed by atoms with Crippen molar-refractivity contribution in [3.63, 3.8) is 0 Å². The van der Waals surface area contributed by atoms with Gasteiger partial charge in [-0.05, 0) is 43.1 Å². The van der Waals surface area contributed by atoms with E-state index in [0.29, 0.717) is 5.41 Å². The third kappa shape index (κ3) is 2.14. The minimum absolute atomic E-state index is 0.392. The second kappa shape index (κ2) is 4.28. The Hall–Kier alpha value is -0.300. The molecule has 0 bridgehead atoms. The van der Waals surface area contributed by atoms with E-state index in [4.69, 9.17) is 5.73 Å². The minimum atomic E-state index is 0.392. The maximum Gasteiger partial charge on any atom is -0.00148 e. The summed E-state index contributed by atoms with van der Waals surface area (Å²) in [6.45, 7) is 7.81. The molecule has 0 aromatic heterocycles. The first-order valence-corrected chi connectivity index (χ1v) is 5.47. The molecular formula is C12H23N. The predicted molar refractivity (Wildman–Crippen MR) is 58.5 cm³/mol. The third-order valence-electron chi connectivity index (χ3n) is 3.87. The molecule has 0 aromatic rings. The molecule has 2 N–H and O–H groups in total. The van der Waals surface area contributed by atoms with Crippen LogP contribution in [0.3, 0.4) is 0 Å². The molecule has 1 rings (SSSR count). The van der Waals surface area contributed by atoms with E-state index >= 15 is 0 Å². The molecule has 1 aliphatic rings. The molecule has 0 aromatic carbocycles. The summed E-state index contributed by atoms with van der Waals surface area (Å²) in [7, 11) is 0. The van der Waals surface area contributed by atoms with E-state index in [1.807, 2.05) is 0 Å². The fourth-order valence-corrected chi connectivity index (χ4v) is 2.40. The van der Waals surface area contributed by atoms with E-state index in [1.165, 1.54) is 19.3 Å². The lowest BCUT2D eigenvalue weighted by atomic mass is 9.65. The lowest BCUT2D eigenvalue weighted by Gasteiger charge is -2.41. The van der Waals surface area contributed by atoms with Crippen LogP contribution in [0.4, 0.5) is 0 Å². The normalized spacial score (nSPS) is 30.8. The summed E-state index contributed by atoms with van der Waals surface area (Å²) < 4.78 is 0. The fraction of sp³-hybridized carbons (Fsp3) is 0.833. The van der Waals surface area contributed by atoms with Crippen molar-refractivity contribution < 1.29 is 0 Å². The highest BCUT2D eigenvalue weighted by molar-refractivity contribution is 5.00. The monoisotopic (exact) mass is 181 g/mol. The second-order valence-corrected chi connectivity index (χ2v) is 4.81. The van der Waals surface area contributed by atoms with Crippen molar-refractivity contribution in [1.82, 2.24) is 0 Å². The Bertz CT molecular complexity index is 184. The lowest BCUT2D eigenvalue weighted by molar-refractivity contribution is 0.123. The molecule has 0 spiro atoms. The Balaban J connectivity index is 2.73. The van der Waals surface area contributed by atoms with Crippen LogP contribution in [0.2, 0.25) is 0 Å². The largest absolute Gasteiger partial charge is 0.330 e. The number of hydrogen-bond donors (Lipinski definition) is 1. The molecule has 0 saturated heterocycles. The number of allylic oxidation sites excluding steroid dienone is 2. The van der Waals surface area contributed by atoms with Gasteiger partial charge in [0.2, 0.25) is 0 Å². The van der Waals surface area contributed by atoms with E-state index in [1.54, 1.807) is 0 Å². The molecule has 0 radical (unpaired) electrons. The van der Waals surface area contributed by atoms with Gasteiger partial charge in [0.25, 0.3) is 0 Å². The minimum Gasteiger partial charge on any atom is -0.330 e. The summed E-state index contributed by atoms with van der Waals surface area (Å²) in [5.41, 5.74) is 6.33. The number of rotatable bonds is 3. The Kier molecular flexibility index (Phi) is 3.55. The van der Waals surface area contributed by atoms with Crippen LogP contribution in [0, 0.1) is 17.3 Å². The summed E-state index contributed by atoms with van der Waals surface area (Å²) in [4.78, 5) is 0. The Labute approximate surface area is 82.4 Å². The Morgan fingerprint density at radius 2 is 2.00 bits per heavy atom. The summed E-state index contributed by atoms with van der Waals surface area (Å²) in [6, 6.07) is 0. The first-order valence-electron chi connectivity index (χ1n) is 5.47. The van der Waals surface area contributed by atoms with Crippen molar-refractivity contribution in [3.05, 3.63) is 12.2 Å². The summed E-state index contributed by atoms with van der Waals surface area (Å²) in [6.07, 6.45) is 8.28. The van der Waals surface area contributed by atoms with Gasteiger partial charge in [0, 0.05) is 0 Å². The van der Waals surface area contributed by atoms with E-state index in [2.05, 4.69) is 32.9 Å². The van der Waals surface area contributed by atoms with Crippen LogP contribution in [0.5, 0.6) is 0 Å². The van der Waals surface area contributed by atoms with Gasteiger partial charge in [0.05, 0.1) is 0 Å². The smallest absolute Gasteiger partial charge is 0.00148 e. The van der Waals surface area contributed by atoms with Crippen molar-refractivity contribution in [2.75, 3.05) is 6.54 Å². The molecule has 0 heterocycles. The average molecular weight is 181 g/mol. The zero-order valence-corrected chi connectivity index (χ0v) is 9.22. The van der Waals surface area contributed by atoms with Crippen LogP contribution in [0.25, 0.3) is 0 Å². The standard InChI is InChI=1S/C12H23N/c1-10(2)11(3)12(9-13)7-5-4-6-8-12/h4-5,10-11H,6-9,13H2,1-3H3. The maximum absolute atomic E-state index is 5.94. The van der Waals surface area contributed by atoms with Crippen molar-refractivity contribution in [2.24, 2.45) is 23.0 Å². The highest BCUT2D eigenvalue weighted by Crippen LogP contribution is 2.42. The zero-order valence-electron chi connectivity index (χ0n) is 9.22. The molecule has 1 aliphatic carbocycles. The number of hydrogen-bond acceptors (Lipinski definition) is 1. The Morgan fingerprint density at radius 1 is 1.31 bits per heavy atom. The molecule has 0 saturated carbocycles. The molecule has 2 atom stereocenters. The van der Waals surface area contributed by atoms with Crippen LogP contribution >= 0.6 is 0 Å². The molecule has 0 fully saturated rings. The van der Waals surface area contributed by atoms with Gasteiger partial charge in [0.1, 0.15) is 0 Å². The summed E-state index contributed by atoms with van der Waals surface area (Å²) >= 11 is 0. The van der Waals surface area contributed by atoms with Gasteiger partial charge in [-0.25, -0.2) is 0 Å². The molecule has 1 heteroatoms. The van der Waals surface area contributed by atoms with Crippen LogP contribution in [-0.2, 0) is 0 Å². The molecule has 0 amide bonds. The maximum atomic E-state index is 5.94. The van der Waals surface area contributed by atoms with Gasteiger partial charge in [0.15, 0.2) is 0 Å². The van der Waals surface area contributed by atoms with Crippen LogP contribution < -0.4 is 5.73 Å². The first kappa shape index (κ1) is 10.8. The summed E-state index contributed by atoms with van der Waals surface area (Å²) in [5.74, 6) is 1.48. The fourth-order valence-electron chi connectivity index (χ4n) is 2.40. The SMILES string of the molecule is CC(C)C(C)C1(CN)CC=CCC1. The Morgan fingerprint density at radius 3 is 2.38 bits per heavy atom. The van der Waals surface area contributed by atoms with E-state index < -0.39 is 0 Å². The van der Waals surface area contributed by atoms with Crippen LogP contribution in [-0.4, -0.2) is 6.54 Å². The number of nitrogens with two attached hydrogens (primary N) is 1. The molecule has 13 heavy (non-hydrogen) atoms. The quantitative estimate of drug-likeness (QED) is 0.666. The van der Waals surface area contributed by atoms with Gasteiger partial charge in [-0.2, -0.15) is 0 Å². The summed E-state index contributed by atoms with van der Waals surface area (Å²) in [5, 5.41) is 0. The molecule has 0 aliphatic heterocycles. The highest BCUT2D eigenvalue weighted by atomic mass is 14.6. The van der Waals surface area contributed by atoms with Crippen molar-refractivity contribution in [2.45, 2.75) is 40.0 Å². The molecular weight excluding hydrogens is 158 g/mol. The van der Waals surface area contributed by atoms with Crippen molar-refractivity contribution >= 4 is 0 Å². The molecule has 2 unspecified atom stereocenters. The highest BCUT2D eigenvalue weighted by Gasteiger charge is 2.35. The van der Waals surface area contributed by atoms with Gasteiger partial charge in [-0.3, -0.25) is 0 Å². The third-order valence-corrected chi connectivity index (χ3v) is 3.87. The van der Waals surface area contributed by atoms with E-state index in [-0.39, 0.29) is 0 Å². The topological polar surface area (TPSA) is 26.0 Å². The lowest BCUT2D eigenvalue weighted by Crippen LogP contribution is -2.39. The molecule has 76 valence electrons. The predicted octanol–water partition coefficient (Wildman–Crippen LogP) is 2.96. The average Bonchev–Trinajstić information content (AvgIpc) is 2.17. The zero-order chi connectivity index (χ0) is 9.90. The van der Waals surface area contributed by atoms with Crippen LogP contribution in [0.1, 0.15) is 40.0 Å². The van der Waals surface area contributed by atoms with Gasteiger partial charge in [-0.15, -0.1) is 0 Å². The second-order valence-electron chi connectivity index (χ2n) is 4.81. The van der Waals surface area contributed by atoms with Gasteiger partial charge in [-0.1, -0.05) is 32.9 Å². The van der Waals surface area contributed by atoms with Gasteiger partial charge >= 0.3 is 0 Å². The van der Waals surface area contributed by atoms with Gasteiger partial charge < -0.3 is 5.73 Å². The van der Waals surface area contributed by atoms with Crippen molar-refractivity contribution in [3.8, 4) is 0 Å². The van der Waals surface area contributed by atoms with E-state index in [9.17, 15) is 0 Å².